The van der Waals surface area contributed by atoms with E-state index < -0.39 is 53.5 Å². The number of nitrogens with zero attached hydrogens (tertiary/aromatic N) is 4. The third kappa shape index (κ3) is 14.7. The lowest BCUT2D eigenvalue weighted by atomic mass is 9.84. The fourth-order valence-corrected chi connectivity index (χ4v) is 12.5. The van der Waals surface area contributed by atoms with Gasteiger partial charge in [0.25, 0.3) is 11.8 Å². The molecule has 2 fully saturated rings. The van der Waals surface area contributed by atoms with Gasteiger partial charge in [0.15, 0.2) is 0 Å². The number of hydrogen-bond acceptors (Lipinski definition) is 14. The monoisotopic (exact) mass is 1160 g/mol. The highest BCUT2D eigenvalue weighted by Gasteiger charge is 2.48. The molecule has 0 spiro atoms. The molecule has 18 heteroatoms. The predicted octanol–water partition coefficient (Wildman–Crippen LogP) is 10.9. The summed E-state index contributed by atoms with van der Waals surface area (Å²) in [5.41, 5.74) is 5.54. The van der Waals surface area contributed by atoms with Crippen LogP contribution in [0.5, 0.6) is 23.0 Å². The number of methoxy groups -OCH3 is 1. The second-order valence-electron chi connectivity index (χ2n) is 25.0. The van der Waals surface area contributed by atoms with Gasteiger partial charge in [-0.25, -0.2) is 14.4 Å². The van der Waals surface area contributed by atoms with E-state index in [9.17, 15) is 34.2 Å². The van der Waals surface area contributed by atoms with Gasteiger partial charge in [-0.3, -0.25) is 9.59 Å². The van der Waals surface area contributed by atoms with Crippen molar-refractivity contribution in [2.75, 3.05) is 54.2 Å². The molecule has 2 N–H and O–H groups in total. The van der Waals surface area contributed by atoms with Crippen molar-refractivity contribution in [1.29, 1.82) is 0 Å². The summed E-state index contributed by atoms with van der Waals surface area (Å²) in [6.45, 7) is 18.7. The Morgan fingerprint density at radius 1 is 0.655 bits per heavy atom. The number of ether oxygens (including phenoxy) is 7. The molecule has 0 aromatic heterocycles. The molecule has 4 amide bonds. The summed E-state index contributed by atoms with van der Waals surface area (Å²) in [7, 11) is 4.65. The number of carbonyl (C=O) groups is 5. The van der Waals surface area contributed by atoms with Gasteiger partial charge >= 0.3 is 18.2 Å². The molecule has 2 saturated heterocycles. The van der Waals surface area contributed by atoms with Crippen LogP contribution >= 0.6 is 0 Å². The molecule has 0 radical (unpaired) electrons. The fourth-order valence-electron chi connectivity index (χ4n) is 12.5. The number of benzene rings is 2. The van der Waals surface area contributed by atoms with Crippen molar-refractivity contribution < 1.29 is 67.3 Å². The van der Waals surface area contributed by atoms with Crippen LogP contribution in [-0.2, 0) is 44.9 Å². The van der Waals surface area contributed by atoms with Gasteiger partial charge in [0.05, 0.1) is 43.5 Å². The van der Waals surface area contributed by atoms with E-state index in [0.29, 0.717) is 117 Å². The molecule has 0 saturated carbocycles. The molecule has 84 heavy (non-hydrogen) atoms. The summed E-state index contributed by atoms with van der Waals surface area (Å²) in [4.78, 5) is 77.5. The van der Waals surface area contributed by atoms with E-state index in [2.05, 4.69) is 65.8 Å². The third-order valence-electron chi connectivity index (χ3n) is 18.1. The van der Waals surface area contributed by atoms with Gasteiger partial charge in [-0.15, -0.1) is 0 Å². The maximum absolute atomic E-state index is 14.9. The summed E-state index contributed by atoms with van der Waals surface area (Å²) >= 11 is 0. The summed E-state index contributed by atoms with van der Waals surface area (Å²) < 4.78 is 42.5. The lowest BCUT2D eigenvalue weighted by Gasteiger charge is -2.41. The summed E-state index contributed by atoms with van der Waals surface area (Å²) in [6, 6.07) is 1.83. The van der Waals surface area contributed by atoms with Gasteiger partial charge in [-0.05, 0) is 157 Å². The molecule has 0 aliphatic carbocycles. The maximum Gasteiger partial charge on any atom is 0.415 e. The number of hydrogen-bond donors (Lipinski definition) is 2. The van der Waals surface area contributed by atoms with E-state index in [1.807, 2.05) is 13.8 Å². The first kappa shape index (κ1) is 63.8. The highest BCUT2D eigenvalue weighted by atomic mass is 16.6. The normalized spacial score (nSPS) is 22.9. The van der Waals surface area contributed by atoms with Crippen LogP contribution in [0.4, 0.5) is 9.59 Å². The zero-order valence-corrected chi connectivity index (χ0v) is 51.7. The standard InChI is InChI=1S/C66H92N4O14/c1-41(2)17-12-19-43(5)21-14-28-65(7)56(71)37-49-54(81-63(76)67(9)45-24-31-79-32-25-45)35-47-51(58(49)83-65)39-69(60(47)73)30-16-23-53(62(75)78-11)70-40-52-48(61(70)74)36-55(82-64(77)68(10)46-26-33-80-34-27-46)50-38-57(72)66(8,84-59(50)52)29-15-22-44(6)20-13-18-42(3)4/h17-18,21-22,35-36,45-46,53,56-57,71-72H,12-16,19-20,23-34,37-40H2,1-11H3/b43-21+,44-22+/t53-,56-,57-,65+,66+/m0/s1. The third-order valence-corrected chi connectivity index (χ3v) is 18.1. The van der Waals surface area contributed by atoms with Crippen molar-refractivity contribution >= 4 is 30.0 Å². The van der Waals surface area contributed by atoms with Crippen molar-refractivity contribution in [1.82, 2.24) is 19.6 Å². The number of carbonyl (C=O) groups excluding carboxylic acids is 5. The Balaban J connectivity index is 1.03. The lowest BCUT2D eigenvalue weighted by molar-refractivity contribution is -0.146. The Labute approximate surface area is 497 Å². The Kier molecular flexibility index (Phi) is 21.2. The fraction of sp³-hybridized carbons (Fsp3) is 0.621. The largest absolute Gasteiger partial charge is 0.484 e. The minimum absolute atomic E-state index is 0.0271. The number of fused-ring (bicyclic) bond motifs is 6. The topological polar surface area (TPSA) is 203 Å². The van der Waals surface area contributed by atoms with Crippen molar-refractivity contribution in [2.45, 2.75) is 213 Å². The van der Waals surface area contributed by atoms with E-state index in [1.165, 1.54) is 40.4 Å². The SMILES string of the molecule is COC(=O)[C@H](CCCN1Cc2c(cc(OC(=O)N(C)C3CCOCC3)c3c2O[C@](C)(CC/C=C(\C)CCC=C(C)C)[C@@H](O)C3)C1=O)N1Cc2c(cc(OC(=O)N(C)C3CCOCC3)c3c2O[C@](C)(CC/C=C(\C)CCC=C(C)C)[C@@H](O)C3)C1=O. The first-order valence-corrected chi connectivity index (χ1v) is 30.4. The van der Waals surface area contributed by atoms with Gasteiger partial charge in [0.2, 0.25) is 0 Å². The molecule has 460 valence electrons. The summed E-state index contributed by atoms with van der Waals surface area (Å²) in [6.07, 6.45) is 14.8. The second-order valence-corrected chi connectivity index (χ2v) is 25.0. The van der Waals surface area contributed by atoms with Crippen LogP contribution in [0.3, 0.4) is 0 Å². The van der Waals surface area contributed by atoms with Crippen molar-refractivity contribution in [3.8, 4) is 23.0 Å². The maximum atomic E-state index is 14.9. The van der Waals surface area contributed by atoms with Crippen LogP contribution in [0.15, 0.2) is 58.7 Å². The molecule has 0 unspecified atom stereocenters. The Morgan fingerprint density at radius 2 is 1.10 bits per heavy atom. The van der Waals surface area contributed by atoms with Gasteiger partial charge in [-0.1, -0.05) is 46.6 Å². The molecule has 5 atom stereocenters. The molecule has 0 bridgehead atoms. The second kappa shape index (κ2) is 27.9. The molecular formula is C66H92N4O14. The van der Waals surface area contributed by atoms with Crippen LogP contribution in [0.1, 0.15) is 188 Å². The van der Waals surface area contributed by atoms with E-state index in [0.717, 1.165) is 25.7 Å². The highest BCUT2D eigenvalue weighted by Crippen LogP contribution is 2.49. The Hall–Kier alpha value is -6.21. The zero-order chi connectivity index (χ0) is 60.6. The highest BCUT2D eigenvalue weighted by molar-refractivity contribution is 6.02. The lowest BCUT2D eigenvalue weighted by Crippen LogP contribution is -2.49. The zero-order valence-electron chi connectivity index (χ0n) is 51.7. The molecule has 6 aliphatic heterocycles. The summed E-state index contributed by atoms with van der Waals surface area (Å²) in [5, 5.41) is 23.7. The number of esters is 1. The van der Waals surface area contributed by atoms with Gasteiger partial charge in [0, 0.05) is 94.2 Å². The number of amides is 4. The van der Waals surface area contributed by atoms with Gasteiger partial charge in [-0.2, -0.15) is 0 Å². The molecule has 8 rings (SSSR count). The summed E-state index contributed by atoms with van der Waals surface area (Å²) in [5.74, 6) is -0.431. The van der Waals surface area contributed by atoms with Crippen LogP contribution in [0, 0.1) is 0 Å². The van der Waals surface area contributed by atoms with Crippen LogP contribution in [0.2, 0.25) is 0 Å². The molecular weight excluding hydrogens is 1070 g/mol. The predicted molar refractivity (Wildman–Crippen MR) is 319 cm³/mol. The first-order chi connectivity index (χ1) is 40.0. The van der Waals surface area contributed by atoms with Crippen LogP contribution < -0.4 is 18.9 Å². The van der Waals surface area contributed by atoms with Gasteiger partial charge in [0.1, 0.15) is 40.2 Å². The molecule has 2 aromatic rings. The molecule has 6 aliphatic rings. The van der Waals surface area contributed by atoms with Crippen molar-refractivity contribution in [3.05, 3.63) is 92.1 Å². The Morgan fingerprint density at radius 3 is 1.54 bits per heavy atom. The Bertz CT molecular complexity index is 2890. The number of aliphatic hydroxyl groups excluding tert-OH is 2. The number of aliphatic hydroxyl groups is 2. The minimum atomic E-state index is -1.08. The number of allylic oxidation sites excluding steroid dienone is 8. The molecule has 18 nitrogen and oxygen atoms in total. The van der Waals surface area contributed by atoms with E-state index in [4.69, 9.17) is 33.2 Å². The van der Waals surface area contributed by atoms with Crippen molar-refractivity contribution in [2.24, 2.45) is 0 Å². The van der Waals surface area contributed by atoms with Crippen LogP contribution in [-0.4, -0.2) is 155 Å². The average Bonchev–Trinajstić information content (AvgIpc) is 1.55. The quantitative estimate of drug-likeness (QED) is 0.0832. The molecule has 2 aromatic carbocycles. The van der Waals surface area contributed by atoms with E-state index >= 15 is 0 Å². The van der Waals surface area contributed by atoms with E-state index in [-0.39, 0.29) is 80.4 Å². The first-order valence-electron chi connectivity index (χ1n) is 30.4. The smallest absolute Gasteiger partial charge is 0.415 e. The number of rotatable bonds is 22. The van der Waals surface area contributed by atoms with Crippen molar-refractivity contribution in [3.63, 3.8) is 0 Å². The minimum Gasteiger partial charge on any atom is -0.484 e. The van der Waals surface area contributed by atoms with Crippen LogP contribution in [0.25, 0.3) is 0 Å². The molecule has 6 heterocycles. The van der Waals surface area contributed by atoms with E-state index in [1.54, 1.807) is 34.9 Å². The van der Waals surface area contributed by atoms with Gasteiger partial charge < -0.3 is 63.0 Å². The average molecular weight is 1170 g/mol.